The van der Waals surface area contributed by atoms with E-state index in [1.54, 1.807) is 5.57 Å². The smallest absolute Gasteiger partial charge is 0.308 e. The van der Waals surface area contributed by atoms with Crippen LogP contribution in [0.25, 0.3) is 0 Å². The number of hydrogen-bond acceptors (Lipinski definition) is 2. The number of ether oxygens (including phenoxy) is 1. The third kappa shape index (κ3) is 5.57. The standard InChI is InChI=1S/C33H56O2/c1-7-8-12-24(4)31(34)35-27-18-20-33(6)26(22-27)14-16-28-29-17-15-25(13-10-9-11-23(2)3)32(29,5)21-19-30(28)33/h14,23-25,27-30H,7-13,15-22H2,1-6H3. The molecule has 2 heteroatoms. The fraction of sp³-hybridized carbons (Fsp3) is 0.909. The van der Waals surface area contributed by atoms with Crippen LogP contribution in [0.3, 0.4) is 0 Å². The first-order valence-corrected chi connectivity index (χ1v) is 15.6. The van der Waals surface area contributed by atoms with E-state index in [9.17, 15) is 4.79 Å². The number of unbranched alkanes of at least 4 members (excludes halogenated alkanes) is 2. The first-order valence-electron chi connectivity index (χ1n) is 15.6. The second-order valence-electron chi connectivity index (χ2n) is 14.1. The van der Waals surface area contributed by atoms with E-state index < -0.39 is 0 Å². The van der Waals surface area contributed by atoms with Gasteiger partial charge in [0.2, 0.25) is 0 Å². The molecule has 0 aromatic carbocycles. The Labute approximate surface area is 217 Å². The lowest BCUT2D eigenvalue weighted by atomic mass is 9.47. The Kier molecular flexibility index (Phi) is 8.80. The summed E-state index contributed by atoms with van der Waals surface area (Å²) in [5.41, 5.74) is 2.56. The van der Waals surface area contributed by atoms with E-state index in [1.807, 2.05) is 6.92 Å². The Morgan fingerprint density at radius 3 is 2.54 bits per heavy atom. The van der Waals surface area contributed by atoms with Crippen molar-refractivity contribution in [2.75, 3.05) is 0 Å². The summed E-state index contributed by atoms with van der Waals surface area (Å²) in [5, 5.41) is 0. The van der Waals surface area contributed by atoms with Crippen molar-refractivity contribution in [3.63, 3.8) is 0 Å². The Morgan fingerprint density at radius 2 is 1.80 bits per heavy atom. The number of carbonyl (C=O) groups excluding carboxylic acids is 1. The van der Waals surface area contributed by atoms with Crippen molar-refractivity contribution in [1.82, 2.24) is 0 Å². The van der Waals surface area contributed by atoms with Crippen molar-refractivity contribution in [2.45, 2.75) is 144 Å². The largest absolute Gasteiger partial charge is 0.462 e. The summed E-state index contributed by atoms with van der Waals surface area (Å²) in [7, 11) is 0. The van der Waals surface area contributed by atoms with Gasteiger partial charge in [-0.05, 0) is 98.2 Å². The topological polar surface area (TPSA) is 26.3 Å². The summed E-state index contributed by atoms with van der Waals surface area (Å²) >= 11 is 0. The number of rotatable bonds is 10. The second-order valence-corrected chi connectivity index (χ2v) is 14.1. The van der Waals surface area contributed by atoms with Gasteiger partial charge in [0, 0.05) is 6.42 Å². The molecule has 0 bridgehead atoms. The summed E-state index contributed by atoms with van der Waals surface area (Å²) in [5.74, 6) is 4.57. The van der Waals surface area contributed by atoms with Crippen LogP contribution in [0.1, 0.15) is 138 Å². The Morgan fingerprint density at radius 1 is 1.00 bits per heavy atom. The number of allylic oxidation sites excluding steroid dienone is 1. The number of esters is 1. The zero-order valence-electron chi connectivity index (χ0n) is 24.0. The normalized spacial score (nSPS) is 39.4. The van der Waals surface area contributed by atoms with Gasteiger partial charge >= 0.3 is 5.97 Å². The van der Waals surface area contributed by atoms with Gasteiger partial charge in [0.25, 0.3) is 0 Å². The lowest BCUT2D eigenvalue weighted by Gasteiger charge is -2.58. The zero-order chi connectivity index (χ0) is 25.2. The highest BCUT2D eigenvalue weighted by Gasteiger charge is 2.58. The van der Waals surface area contributed by atoms with E-state index in [1.165, 1.54) is 64.2 Å². The molecule has 4 rings (SSSR count). The molecule has 4 aliphatic rings. The van der Waals surface area contributed by atoms with Crippen molar-refractivity contribution in [3.05, 3.63) is 11.6 Å². The van der Waals surface area contributed by atoms with Gasteiger partial charge in [-0.2, -0.15) is 0 Å². The van der Waals surface area contributed by atoms with Crippen LogP contribution in [-0.4, -0.2) is 12.1 Å². The molecule has 0 radical (unpaired) electrons. The maximum atomic E-state index is 12.7. The van der Waals surface area contributed by atoms with Gasteiger partial charge in [0.15, 0.2) is 0 Å². The van der Waals surface area contributed by atoms with Gasteiger partial charge in [-0.1, -0.05) is 85.3 Å². The van der Waals surface area contributed by atoms with Gasteiger partial charge in [-0.15, -0.1) is 0 Å². The molecule has 0 aliphatic heterocycles. The first kappa shape index (κ1) is 27.3. The van der Waals surface area contributed by atoms with E-state index in [-0.39, 0.29) is 18.0 Å². The van der Waals surface area contributed by atoms with Crippen LogP contribution in [0.2, 0.25) is 0 Å². The zero-order valence-corrected chi connectivity index (χ0v) is 24.0. The molecule has 8 atom stereocenters. The fourth-order valence-electron chi connectivity index (χ4n) is 9.16. The van der Waals surface area contributed by atoms with E-state index in [0.717, 1.165) is 61.7 Å². The summed E-state index contributed by atoms with van der Waals surface area (Å²) < 4.78 is 6.06. The van der Waals surface area contributed by atoms with Crippen molar-refractivity contribution in [2.24, 2.45) is 46.3 Å². The molecule has 0 aromatic rings. The van der Waals surface area contributed by atoms with Crippen molar-refractivity contribution < 1.29 is 9.53 Å². The maximum Gasteiger partial charge on any atom is 0.308 e. The average Bonchev–Trinajstić information content (AvgIpc) is 3.16. The molecule has 3 fully saturated rings. The van der Waals surface area contributed by atoms with Gasteiger partial charge in [0.05, 0.1) is 5.92 Å². The quantitative estimate of drug-likeness (QED) is 0.175. The molecule has 3 saturated carbocycles. The molecule has 35 heavy (non-hydrogen) atoms. The van der Waals surface area contributed by atoms with Crippen LogP contribution >= 0.6 is 0 Å². The SMILES string of the molecule is CCCCC(C)C(=O)OC1CCC2(C)C(=CCC3C2CCC2(C)C(CCCCC(C)C)CCC32)C1. The van der Waals surface area contributed by atoms with Crippen molar-refractivity contribution >= 4 is 5.97 Å². The molecule has 0 saturated heterocycles. The third-order valence-electron chi connectivity index (χ3n) is 11.5. The number of fused-ring (bicyclic) bond motifs is 5. The minimum Gasteiger partial charge on any atom is -0.462 e. The summed E-state index contributed by atoms with van der Waals surface area (Å²) in [6, 6.07) is 0. The number of hydrogen-bond donors (Lipinski definition) is 0. The number of carbonyl (C=O) groups is 1. The summed E-state index contributed by atoms with van der Waals surface area (Å²) in [6.07, 6.45) is 22.1. The third-order valence-corrected chi connectivity index (χ3v) is 11.5. The molecule has 4 aliphatic carbocycles. The van der Waals surface area contributed by atoms with Crippen LogP contribution in [0.4, 0.5) is 0 Å². The van der Waals surface area contributed by atoms with Crippen LogP contribution in [0.5, 0.6) is 0 Å². The van der Waals surface area contributed by atoms with Crippen molar-refractivity contribution in [3.8, 4) is 0 Å². The highest BCUT2D eigenvalue weighted by atomic mass is 16.5. The molecular weight excluding hydrogens is 428 g/mol. The molecule has 0 aromatic heterocycles. The first-order chi connectivity index (χ1) is 16.7. The van der Waals surface area contributed by atoms with E-state index in [4.69, 9.17) is 4.74 Å². The lowest BCUT2D eigenvalue weighted by molar-refractivity contribution is -0.156. The van der Waals surface area contributed by atoms with Crippen molar-refractivity contribution in [1.29, 1.82) is 0 Å². The summed E-state index contributed by atoms with van der Waals surface area (Å²) in [4.78, 5) is 12.7. The van der Waals surface area contributed by atoms with Crippen LogP contribution in [-0.2, 0) is 9.53 Å². The molecule has 0 N–H and O–H groups in total. The van der Waals surface area contributed by atoms with Crippen LogP contribution < -0.4 is 0 Å². The second kappa shape index (κ2) is 11.3. The van der Waals surface area contributed by atoms with Crippen LogP contribution in [0, 0.1) is 46.3 Å². The van der Waals surface area contributed by atoms with Crippen LogP contribution in [0.15, 0.2) is 11.6 Å². The summed E-state index contributed by atoms with van der Waals surface area (Å²) in [6.45, 7) is 14.2. The minimum atomic E-state index is 0.0418. The Hall–Kier alpha value is -0.790. The van der Waals surface area contributed by atoms with Gasteiger partial charge < -0.3 is 4.74 Å². The predicted octanol–water partition coefficient (Wildman–Crippen LogP) is 9.52. The highest BCUT2D eigenvalue weighted by molar-refractivity contribution is 5.72. The molecule has 0 spiro atoms. The van der Waals surface area contributed by atoms with Gasteiger partial charge in [-0.3, -0.25) is 4.79 Å². The van der Waals surface area contributed by atoms with Gasteiger partial charge in [0.1, 0.15) is 6.10 Å². The average molecular weight is 485 g/mol. The van der Waals surface area contributed by atoms with E-state index in [2.05, 4.69) is 40.7 Å². The van der Waals surface area contributed by atoms with Gasteiger partial charge in [-0.25, -0.2) is 0 Å². The Bertz CT molecular complexity index is 752. The molecule has 200 valence electrons. The van der Waals surface area contributed by atoms with E-state index in [0.29, 0.717) is 10.8 Å². The molecular formula is C33H56O2. The minimum absolute atomic E-state index is 0.0418. The predicted molar refractivity (Wildman–Crippen MR) is 147 cm³/mol. The monoisotopic (exact) mass is 484 g/mol. The lowest BCUT2D eigenvalue weighted by Crippen LogP contribution is -2.50. The molecule has 0 heterocycles. The Balaban J connectivity index is 1.37. The van der Waals surface area contributed by atoms with E-state index >= 15 is 0 Å². The molecule has 8 unspecified atom stereocenters. The highest BCUT2D eigenvalue weighted by Crippen LogP contribution is 2.66. The maximum absolute atomic E-state index is 12.7. The molecule has 2 nitrogen and oxygen atoms in total. The fourth-order valence-corrected chi connectivity index (χ4v) is 9.16. The molecule has 0 amide bonds.